The highest BCUT2D eigenvalue weighted by Gasteiger charge is 2.45. The van der Waals surface area contributed by atoms with Gasteiger partial charge in [-0.25, -0.2) is 4.79 Å². The van der Waals surface area contributed by atoms with Crippen LogP contribution < -0.4 is 18.9 Å². The monoisotopic (exact) mass is 528 g/mol. The topological polar surface area (TPSA) is 174 Å². The van der Waals surface area contributed by atoms with E-state index in [1.165, 1.54) is 13.2 Å². The van der Waals surface area contributed by atoms with E-state index in [4.69, 9.17) is 28.4 Å². The van der Waals surface area contributed by atoms with E-state index >= 15 is 0 Å². The van der Waals surface area contributed by atoms with E-state index in [2.05, 4.69) is 0 Å². The Morgan fingerprint density at radius 2 is 1.74 bits per heavy atom. The van der Waals surface area contributed by atoms with Gasteiger partial charge in [-0.15, -0.1) is 0 Å². The highest BCUT2D eigenvalue weighted by atomic mass is 16.7. The molecule has 1 fully saturated rings. The number of benzene rings is 3. The summed E-state index contributed by atoms with van der Waals surface area (Å²) >= 11 is 0. The van der Waals surface area contributed by atoms with Gasteiger partial charge in [-0.1, -0.05) is 6.07 Å². The van der Waals surface area contributed by atoms with Gasteiger partial charge in [-0.3, -0.25) is 0 Å². The second-order valence-electron chi connectivity index (χ2n) is 9.06. The minimum atomic E-state index is -1.72. The van der Waals surface area contributed by atoms with Gasteiger partial charge in [-0.05, 0) is 29.8 Å². The summed E-state index contributed by atoms with van der Waals surface area (Å²) in [4.78, 5) is 12.8. The third-order valence-electron chi connectivity index (χ3n) is 6.96. The van der Waals surface area contributed by atoms with Gasteiger partial charge in [0.05, 0.1) is 13.7 Å². The van der Waals surface area contributed by atoms with Crippen LogP contribution in [0.5, 0.6) is 28.7 Å². The SMILES string of the molecule is COc1c2c(c(-c3ccc4c(c3)OCO4)c3c(OC4OC(CO)C(O)C(O)C4O)c(O)ccc13)COC2=O. The zero-order valence-corrected chi connectivity index (χ0v) is 20.0. The lowest BCUT2D eigenvalue weighted by molar-refractivity contribution is -0.277. The van der Waals surface area contributed by atoms with Crippen molar-refractivity contribution in [1.29, 1.82) is 0 Å². The molecule has 3 heterocycles. The molecule has 0 aromatic heterocycles. The van der Waals surface area contributed by atoms with Crippen molar-refractivity contribution in [3.63, 3.8) is 0 Å². The van der Waals surface area contributed by atoms with E-state index in [0.29, 0.717) is 39.0 Å². The largest absolute Gasteiger partial charge is 0.504 e. The number of aliphatic hydroxyl groups is 4. The molecule has 3 aliphatic rings. The molecule has 0 radical (unpaired) electrons. The smallest absolute Gasteiger partial charge is 0.342 e. The zero-order chi connectivity index (χ0) is 26.7. The first-order valence-electron chi connectivity index (χ1n) is 11.8. The van der Waals surface area contributed by atoms with Crippen LogP contribution in [-0.4, -0.2) is 82.7 Å². The zero-order valence-electron chi connectivity index (χ0n) is 20.0. The van der Waals surface area contributed by atoms with Gasteiger partial charge >= 0.3 is 5.97 Å². The number of ether oxygens (including phenoxy) is 6. The molecule has 200 valence electrons. The summed E-state index contributed by atoms with van der Waals surface area (Å²) < 4.78 is 33.4. The fourth-order valence-electron chi connectivity index (χ4n) is 5.11. The molecule has 5 atom stereocenters. The summed E-state index contributed by atoms with van der Waals surface area (Å²) in [6.07, 6.45) is -7.82. The van der Waals surface area contributed by atoms with Crippen molar-refractivity contribution in [2.75, 3.05) is 20.5 Å². The van der Waals surface area contributed by atoms with Crippen LogP contribution in [0.1, 0.15) is 15.9 Å². The lowest BCUT2D eigenvalue weighted by atomic mass is 9.89. The highest BCUT2D eigenvalue weighted by molar-refractivity contribution is 6.14. The predicted molar refractivity (Wildman–Crippen MR) is 127 cm³/mol. The molecule has 38 heavy (non-hydrogen) atoms. The summed E-state index contributed by atoms with van der Waals surface area (Å²) in [5.41, 5.74) is 1.75. The number of esters is 1. The van der Waals surface area contributed by atoms with Crippen molar-refractivity contribution in [3.8, 4) is 39.9 Å². The molecule has 0 bridgehead atoms. The van der Waals surface area contributed by atoms with Crippen LogP contribution in [0.3, 0.4) is 0 Å². The Morgan fingerprint density at radius 3 is 2.50 bits per heavy atom. The van der Waals surface area contributed by atoms with Crippen molar-refractivity contribution < 1.29 is 58.7 Å². The molecular weight excluding hydrogens is 504 g/mol. The maximum Gasteiger partial charge on any atom is 0.342 e. The number of aromatic hydroxyl groups is 1. The van der Waals surface area contributed by atoms with E-state index in [9.17, 15) is 30.3 Å². The molecule has 6 rings (SSSR count). The number of phenols is 1. The maximum absolute atomic E-state index is 12.8. The Kier molecular flexibility index (Phi) is 5.93. The van der Waals surface area contributed by atoms with Crippen molar-refractivity contribution in [2.24, 2.45) is 0 Å². The van der Waals surface area contributed by atoms with Crippen molar-refractivity contribution in [1.82, 2.24) is 0 Å². The van der Waals surface area contributed by atoms with Gasteiger partial charge in [0.15, 0.2) is 23.0 Å². The van der Waals surface area contributed by atoms with Crippen LogP contribution in [-0.2, 0) is 16.1 Å². The molecule has 12 heteroatoms. The second-order valence-corrected chi connectivity index (χ2v) is 9.06. The van der Waals surface area contributed by atoms with Gasteiger partial charge < -0.3 is 54.0 Å². The quantitative estimate of drug-likeness (QED) is 0.295. The van der Waals surface area contributed by atoms with E-state index < -0.39 is 43.3 Å². The third-order valence-corrected chi connectivity index (χ3v) is 6.96. The van der Waals surface area contributed by atoms with Gasteiger partial charge in [0.1, 0.15) is 42.3 Å². The first kappa shape index (κ1) is 24.5. The summed E-state index contributed by atoms with van der Waals surface area (Å²) in [5, 5.41) is 52.2. The lowest BCUT2D eigenvalue weighted by Crippen LogP contribution is -2.60. The summed E-state index contributed by atoms with van der Waals surface area (Å²) in [6, 6.07) is 8.04. The summed E-state index contributed by atoms with van der Waals surface area (Å²) in [6.45, 7) is -0.691. The van der Waals surface area contributed by atoms with Gasteiger partial charge in [0.2, 0.25) is 13.1 Å². The molecule has 12 nitrogen and oxygen atoms in total. The van der Waals surface area contributed by atoms with Gasteiger partial charge in [0, 0.05) is 21.9 Å². The number of methoxy groups -OCH3 is 1. The van der Waals surface area contributed by atoms with E-state index in [0.717, 1.165) is 0 Å². The van der Waals surface area contributed by atoms with Crippen molar-refractivity contribution in [3.05, 3.63) is 41.5 Å². The minimum absolute atomic E-state index is 0.0497. The minimum Gasteiger partial charge on any atom is -0.504 e. The molecule has 3 aromatic carbocycles. The standard InChI is InChI=1S/C26H24O12/c1-33-23-11-3-4-13(28)24(38-26-22(31)21(30)20(29)16(7-27)37-26)18(11)17(12-8-34-25(32)19(12)23)10-2-5-14-15(6-10)36-9-35-14/h2-6,16,20-22,26-31H,7-9H2,1H3. The average Bonchev–Trinajstić information content (AvgIpc) is 3.55. The van der Waals surface area contributed by atoms with E-state index in [1.54, 1.807) is 24.3 Å². The van der Waals surface area contributed by atoms with Crippen LogP contribution in [0.2, 0.25) is 0 Å². The van der Waals surface area contributed by atoms with Crippen molar-refractivity contribution >= 4 is 16.7 Å². The Hall–Kier alpha value is -3.81. The molecule has 5 unspecified atom stereocenters. The van der Waals surface area contributed by atoms with Gasteiger partial charge in [0.25, 0.3) is 0 Å². The average molecular weight is 528 g/mol. The number of fused-ring (bicyclic) bond motifs is 3. The number of carbonyl (C=O) groups is 1. The van der Waals surface area contributed by atoms with E-state index in [1.807, 2.05) is 0 Å². The summed E-state index contributed by atoms with van der Waals surface area (Å²) in [7, 11) is 1.39. The molecule has 0 aliphatic carbocycles. The Balaban J connectivity index is 1.60. The first-order chi connectivity index (χ1) is 18.3. The first-order valence-corrected chi connectivity index (χ1v) is 11.8. The molecule has 0 spiro atoms. The third kappa shape index (κ3) is 3.61. The summed E-state index contributed by atoms with van der Waals surface area (Å²) in [5.74, 6) is 0.132. The second kappa shape index (κ2) is 9.19. The number of phenolic OH excluding ortho intramolecular Hbond substituents is 1. The van der Waals surface area contributed by atoms with E-state index in [-0.39, 0.29) is 36.2 Å². The number of aliphatic hydroxyl groups excluding tert-OH is 4. The molecule has 3 aromatic rings. The number of hydrogen-bond donors (Lipinski definition) is 5. The Bertz CT molecular complexity index is 1430. The lowest BCUT2D eigenvalue weighted by Gasteiger charge is -2.39. The Labute approximate surface area is 215 Å². The van der Waals surface area contributed by atoms with Crippen LogP contribution in [0.25, 0.3) is 21.9 Å². The fraction of sp³-hybridized carbons (Fsp3) is 0.346. The molecule has 5 N–H and O–H groups in total. The van der Waals surface area contributed by atoms with Crippen LogP contribution >= 0.6 is 0 Å². The molecule has 3 aliphatic heterocycles. The van der Waals surface area contributed by atoms with Crippen LogP contribution in [0.4, 0.5) is 0 Å². The number of cyclic esters (lactones) is 1. The molecule has 1 saturated heterocycles. The van der Waals surface area contributed by atoms with Crippen molar-refractivity contribution in [2.45, 2.75) is 37.3 Å². The molecule has 0 amide bonds. The molecule has 0 saturated carbocycles. The fourth-order valence-corrected chi connectivity index (χ4v) is 5.11. The van der Waals surface area contributed by atoms with Crippen LogP contribution in [0, 0.1) is 0 Å². The van der Waals surface area contributed by atoms with Crippen LogP contribution in [0.15, 0.2) is 30.3 Å². The maximum atomic E-state index is 12.8. The normalized spacial score (nSPS) is 25.8. The Morgan fingerprint density at radius 1 is 0.947 bits per heavy atom. The predicted octanol–water partition coefficient (Wildman–Crippen LogP) is 0.799. The highest BCUT2D eigenvalue weighted by Crippen LogP contribution is 2.51. The number of rotatable bonds is 5. The molecular formula is C26H24O12. The number of carbonyl (C=O) groups excluding carboxylic acids is 1. The van der Waals surface area contributed by atoms with Gasteiger partial charge in [-0.2, -0.15) is 0 Å². The number of hydrogen-bond acceptors (Lipinski definition) is 12.